The molecule has 0 radical (unpaired) electrons. The van der Waals surface area contributed by atoms with E-state index in [-0.39, 0.29) is 16.3 Å². The van der Waals surface area contributed by atoms with Gasteiger partial charge in [-0.05, 0) is 38.5 Å². The van der Waals surface area contributed by atoms with Gasteiger partial charge in [-0.2, -0.15) is 0 Å². The summed E-state index contributed by atoms with van der Waals surface area (Å²) < 4.78 is 42.3. The second kappa shape index (κ2) is 5.24. The van der Waals surface area contributed by atoms with Crippen LogP contribution in [-0.2, 0) is 14.6 Å². The third-order valence-corrected chi connectivity index (χ3v) is 4.47. The molecule has 102 valence electrons. The van der Waals surface area contributed by atoms with E-state index in [2.05, 4.69) is 0 Å². The Kier molecular flexibility index (Phi) is 4.34. The fraction of sp³-hybridized carbons (Fsp3) is 0.500. The van der Waals surface area contributed by atoms with Crippen molar-refractivity contribution in [3.05, 3.63) is 24.0 Å². The molecule has 0 aliphatic carbocycles. The third kappa shape index (κ3) is 3.96. The zero-order valence-electron chi connectivity index (χ0n) is 10.7. The molecule has 0 bridgehead atoms. The number of nitrogen functional groups attached to an aromatic ring is 1. The Morgan fingerprint density at radius 3 is 2.44 bits per heavy atom. The van der Waals surface area contributed by atoms with Crippen molar-refractivity contribution in [2.45, 2.75) is 30.8 Å². The number of methoxy groups -OCH3 is 1. The average Bonchev–Trinajstić information content (AvgIpc) is 2.25. The van der Waals surface area contributed by atoms with Gasteiger partial charge >= 0.3 is 0 Å². The Hall–Kier alpha value is -1.14. The Morgan fingerprint density at radius 2 is 1.94 bits per heavy atom. The molecule has 4 nitrogen and oxygen atoms in total. The molecule has 1 rings (SSSR count). The lowest BCUT2D eigenvalue weighted by Crippen LogP contribution is -2.26. The summed E-state index contributed by atoms with van der Waals surface area (Å²) in [6.07, 6.45) is 0.322. The van der Waals surface area contributed by atoms with E-state index in [1.807, 2.05) is 0 Å². The van der Waals surface area contributed by atoms with Gasteiger partial charge in [0.05, 0.1) is 16.2 Å². The van der Waals surface area contributed by atoms with Gasteiger partial charge in [-0.25, -0.2) is 12.8 Å². The number of anilines is 1. The highest BCUT2D eigenvalue weighted by atomic mass is 32.2. The van der Waals surface area contributed by atoms with Gasteiger partial charge in [0, 0.05) is 12.8 Å². The van der Waals surface area contributed by atoms with E-state index in [0.29, 0.717) is 6.42 Å². The number of hydrogen-bond donors (Lipinski definition) is 1. The zero-order valence-corrected chi connectivity index (χ0v) is 11.6. The number of rotatable bonds is 5. The van der Waals surface area contributed by atoms with Gasteiger partial charge in [0.25, 0.3) is 0 Å². The van der Waals surface area contributed by atoms with Gasteiger partial charge in [0.2, 0.25) is 0 Å². The molecule has 0 fully saturated rings. The van der Waals surface area contributed by atoms with Crippen LogP contribution in [0.15, 0.2) is 23.1 Å². The maximum Gasteiger partial charge on any atom is 0.178 e. The molecule has 0 unspecified atom stereocenters. The lowest BCUT2D eigenvalue weighted by Gasteiger charge is -2.22. The first kappa shape index (κ1) is 14.9. The number of sulfone groups is 1. The van der Waals surface area contributed by atoms with Gasteiger partial charge in [-0.15, -0.1) is 0 Å². The lowest BCUT2D eigenvalue weighted by atomic mass is 10.1. The highest BCUT2D eigenvalue weighted by Gasteiger charge is 2.23. The molecule has 0 amide bonds. The Bertz CT molecular complexity index is 506. The Balaban J connectivity index is 2.93. The van der Waals surface area contributed by atoms with Crippen molar-refractivity contribution in [2.24, 2.45) is 0 Å². The molecule has 18 heavy (non-hydrogen) atoms. The predicted molar refractivity (Wildman–Crippen MR) is 68.6 cm³/mol. The molecule has 0 saturated heterocycles. The Labute approximate surface area is 107 Å². The van der Waals surface area contributed by atoms with Crippen LogP contribution >= 0.6 is 0 Å². The molecule has 1 aromatic rings. The van der Waals surface area contributed by atoms with Crippen molar-refractivity contribution in [2.75, 3.05) is 18.6 Å². The molecule has 0 aromatic heterocycles. The van der Waals surface area contributed by atoms with Gasteiger partial charge in [-0.3, -0.25) is 0 Å². The predicted octanol–water partition coefficient (Wildman–Crippen LogP) is 2.00. The highest BCUT2D eigenvalue weighted by Crippen LogP contribution is 2.21. The molecular formula is C12H18FNO3S. The molecule has 1 aromatic carbocycles. The fourth-order valence-electron chi connectivity index (χ4n) is 1.36. The summed E-state index contributed by atoms with van der Waals surface area (Å²) in [6, 6.07) is 3.32. The standard InChI is InChI=1S/C12H18FNO3S/c1-12(2,17-3)4-5-18(15,16)11-7-9(13)6-10(14)8-11/h6-8H,4-5,14H2,1-3H3. The molecule has 6 heteroatoms. The molecule has 0 spiro atoms. The van der Waals surface area contributed by atoms with Crippen molar-refractivity contribution < 1.29 is 17.5 Å². The van der Waals surface area contributed by atoms with E-state index < -0.39 is 21.3 Å². The summed E-state index contributed by atoms with van der Waals surface area (Å²) in [7, 11) is -2.03. The first-order valence-corrected chi connectivity index (χ1v) is 7.15. The summed E-state index contributed by atoms with van der Waals surface area (Å²) in [5, 5.41) is 0. The number of benzene rings is 1. The quantitative estimate of drug-likeness (QED) is 0.834. The molecule has 0 heterocycles. The summed E-state index contributed by atoms with van der Waals surface area (Å²) in [4.78, 5) is -0.0908. The molecule has 2 N–H and O–H groups in total. The number of halogens is 1. The van der Waals surface area contributed by atoms with Gasteiger partial charge in [0.1, 0.15) is 5.82 Å². The summed E-state index contributed by atoms with van der Waals surface area (Å²) >= 11 is 0. The smallest absolute Gasteiger partial charge is 0.178 e. The molecule has 0 atom stereocenters. The molecule has 0 saturated carbocycles. The Morgan fingerprint density at radius 1 is 1.33 bits per heavy atom. The van der Waals surface area contributed by atoms with Crippen LogP contribution in [0.25, 0.3) is 0 Å². The SMILES string of the molecule is COC(C)(C)CCS(=O)(=O)c1cc(N)cc(F)c1. The molecule has 0 aliphatic rings. The van der Waals surface area contributed by atoms with Crippen LogP contribution in [0.3, 0.4) is 0 Å². The van der Waals surface area contributed by atoms with Crippen LogP contribution in [0.2, 0.25) is 0 Å². The molecular weight excluding hydrogens is 257 g/mol. The maximum atomic E-state index is 13.1. The minimum atomic E-state index is -3.55. The number of ether oxygens (including phenoxy) is 1. The largest absolute Gasteiger partial charge is 0.399 e. The van der Waals surface area contributed by atoms with E-state index in [1.165, 1.54) is 13.2 Å². The normalized spacial score (nSPS) is 12.7. The topological polar surface area (TPSA) is 69.4 Å². The first-order chi connectivity index (χ1) is 8.16. The van der Waals surface area contributed by atoms with Crippen molar-refractivity contribution in [3.8, 4) is 0 Å². The number of hydrogen-bond acceptors (Lipinski definition) is 4. The fourth-order valence-corrected chi connectivity index (χ4v) is 2.97. The summed E-state index contributed by atoms with van der Waals surface area (Å²) in [5.74, 6) is -0.768. The second-order valence-corrected chi connectivity index (χ2v) is 6.86. The molecule has 0 aliphatic heterocycles. The van der Waals surface area contributed by atoms with Crippen LogP contribution in [0.4, 0.5) is 10.1 Å². The minimum absolute atomic E-state index is 0.0908. The van der Waals surface area contributed by atoms with Gasteiger partial charge in [0.15, 0.2) is 9.84 Å². The lowest BCUT2D eigenvalue weighted by molar-refractivity contribution is 0.0203. The zero-order chi connectivity index (χ0) is 14.0. The van der Waals surface area contributed by atoms with Crippen LogP contribution in [0, 0.1) is 5.82 Å². The van der Waals surface area contributed by atoms with E-state index in [1.54, 1.807) is 13.8 Å². The van der Waals surface area contributed by atoms with Crippen molar-refractivity contribution >= 4 is 15.5 Å². The second-order valence-electron chi connectivity index (χ2n) is 4.75. The van der Waals surface area contributed by atoms with E-state index in [4.69, 9.17) is 10.5 Å². The summed E-state index contributed by atoms with van der Waals surface area (Å²) in [6.45, 7) is 3.59. The van der Waals surface area contributed by atoms with Crippen molar-refractivity contribution in [1.82, 2.24) is 0 Å². The maximum absolute atomic E-state index is 13.1. The minimum Gasteiger partial charge on any atom is -0.399 e. The van der Waals surface area contributed by atoms with Crippen LogP contribution in [-0.4, -0.2) is 26.9 Å². The number of nitrogens with two attached hydrogens (primary N) is 1. The van der Waals surface area contributed by atoms with Crippen LogP contribution in [0.5, 0.6) is 0 Å². The van der Waals surface area contributed by atoms with Crippen LogP contribution in [0.1, 0.15) is 20.3 Å². The van der Waals surface area contributed by atoms with Crippen molar-refractivity contribution in [1.29, 1.82) is 0 Å². The van der Waals surface area contributed by atoms with Crippen molar-refractivity contribution in [3.63, 3.8) is 0 Å². The monoisotopic (exact) mass is 275 g/mol. The average molecular weight is 275 g/mol. The summed E-state index contributed by atoms with van der Waals surface area (Å²) in [5.41, 5.74) is 5.00. The van der Waals surface area contributed by atoms with Gasteiger partial charge in [-0.1, -0.05) is 0 Å². The van der Waals surface area contributed by atoms with Crippen LogP contribution < -0.4 is 5.73 Å². The first-order valence-electron chi connectivity index (χ1n) is 5.50. The van der Waals surface area contributed by atoms with Gasteiger partial charge < -0.3 is 10.5 Å². The highest BCUT2D eigenvalue weighted by molar-refractivity contribution is 7.91. The van der Waals surface area contributed by atoms with E-state index in [9.17, 15) is 12.8 Å². The van der Waals surface area contributed by atoms with E-state index >= 15 is 0 Å². The third-order valence-electron chi connectivity index (χ3n) is 2.78. The van der Waals surface area contributed by atoms with E-state index in [0.717, 1.165) is 12.1 Å².